The Hall–Kier alpha value is -2.44. The molecular weight excluding hydrogens is 260 g/mol. The van der Waals surface area contributed by atoms with Crippen molar-refractivity contribution in [2.24, 2.45) is 5.92 Å². The zero-order valence-electron chi connectivity index (χ0n) is 11.1. The molecule has 2 rings (SSSR count). The molecule has 0 fully saturated rings. The van der Waals surface area contributed by atoms with Gasteiger partial charge in [0.25, 0.3) is 5.91 Å². The van der Waals surface area contributed by atoms with Crippen LogP contribution in [0.4, 0.5) is 0 Å². The van der Waals surface area contributed by atoms with Gasteiger partial charge >= 0.3 is 5.97 Å². The summed E-state index contributed by atoms with van der Waals surface area (Å²) in [6, 6.07) is 0. The number of amides is 1. The molecule has 0 spiro atoms. The van der Waals surface area contributed by atoms with E-state index in [1.54, 1.807) is 23.1 Å². The second-order valence-corrected chi connectivity index (χ2v) is 4.50. The molecule has 2 aromatic rings. The molecule has 1 atom stereocenters. The Kier molecular flexibility index (Phi) is 4.29. The van der Waals surface area contributed by atoms with Crippen molar-refractivity contribution in [3.8, 4) is 0 Å². The Morgan fingerprint density at radius 3 is 2.95 bits per heavy atom. The predicted molar refractivity (Wildman–Crippen MR) is 71.4 cm³/mol. The highest BCUT2D eigenvalue weighted by Crippen LogP contribution is 2.10. The van der Waals surface area contributed by atoms with E-state index in [-0.39, 0.29) is 12.5 Å². The summed E-state index contributed by atoms with van der Waals surface area (Å²) in [6.07, 6.45) is 7.50. The Bertz CT molecular complexity index is 623. The van der Waals surface area contributed by atoms with Gasteiger partial charge in [-0.25, -0.2) is 4.52 Å². The number of carbonyl (C=O) groups excluding carboxylic acids is 1. The van der Waals surface area contributed by atoms with Crippen molar-refractivity contribution < 1.29 is 14.7 Å². The summed E-state index contributed by atoms with van der Waals surface area (Å²) < 4.78 is 1.54. The van der Waals surface area contributed by atoms with Gasteiger partial charge < -0.3 is 10.4 Å². The van der Waals surface area contributed by atoms with Crippen LogP contribution in [0.3, 0.4) is 0 Å². The molecule has 0 saturated carbocycles. The van der Waals surface area contributed by atoms with Crippen LogP contribution < -0.4 is 5.32 Å². The third kappa shape index (κ3) is 2.93. The average Bonchev–Trinajstić information content (AvgIpc) is 2.86. The van der Waals surface area contributed by atoms with Crippen LogP contribution in [0.2, 0.25) is 0 Å². The van der Waals surface area contributed by atoms with Crippen LogP contribution in [0.5, 0.6) is 0 Å². The molecular formula is C13H16N4O3. The topological polar surface area (TPSA) is 96.6 Å². The van der Waals surface area contributed by atoms with Gasteiger partial charge in [-0.1, -0.05) is 13.3 Å². The lowest BCUT2D eigenvalue weighted by molar-refractivity contribution is -0.141. The molecule has 7 heteroatoms. The van der Waals surface area contributed by atoms with Crippen molar-refractivity contribution in [2.45, 2.75) is 19.8 Å². The van der Waals surface area contributed by atoms with E-state index in [1.165, 1.54) is 6.20 Å². The quantitative estimate of drug-likeness (QED) is 0.819. The van der Waals surface area contributed by atoms with E-state index in [9.17, 15) is 9.59 Å². The Labute approximate surface area is 115 Å². The Morgan fingerprint density at radius 1 is 1.45 bits per heavy atom. The molecule has 1 amide bonds. The van der Waals surface area contributed by atoms with Gasteiger partial charge in [-0.15, -0.1) is 0 Å². The van der Waals surface area contributed by atoms with Crippen molar-refractivity contribution in [1.82, 2.24) is 19.9 Å². The molecule has 2 aromatic heterocycles. The summed E-state index contributed by atoms with van der Waals surface area (Å²) in [5.74, 6) is -1.80. The zero-order valence-corrected chi connectivity index (χ0v) is 11.1. The zero-order chi connectivity index (χ0) is 14.5. The van der Waals surface area contributed by atoms with Gasteiger partial charge in [-0.05, 0) is 6.42 Å². The minimum absolute atomic E-state index is 0.111. The Balaban J connectivity index is 2.06. The average molecular weight is 276 g/mol. The number of rotatable bonds is 6. The first kappa shape index (κ1) is 14.0. The largest absolute Gasteiger partial charge is 0.481 e. The molecule has 1 unspecified atom stereocenters. The lowest BCUT2D eigenvalue weighted by Gasteiger charge is -2.11. The van der Waals surface area contributed by atoms with Crippen molar-refractivity contribution in [3.63, 3.8) is 0 Å². The number of nitrogens with zero attached hydrogens (tertiary/aromatic N) is 3. The number of carboxylic acid groups (broad SMARTS) is 1. The summed E-state index contributed by atoms with van der Waals surface area (Å²) >= 11 is 0. The maximum atomic E-state index is 12.1. The number of fused-ring (bicyclic) bond motifs is 1. The summed E-state index contributed by atoms with van der Waals surface area (Å²) in [6.45, 7) is 2.02. The van der Waals surface area contributed by atoms with Crippen LogP contribution in [0, 0.1) is 5.92 Å². The first-order valence-electron chi connectivity index (χ1n) is 6.41. The lowest BCUT2D eigenvalue weighted by atomic mass is 10.0. The van der Waals surface area contributed by atoms with Crippen LogP contribution in [-0.2, 0) is 4.79 Å². The molecule has 0 aliphatic rings. The number of hydrogen-bond acceptors (Lipinski definition) is 4. The highest BCUT2D eigenvalue weighted by Gasteiger charge is 2.19. The van der Waals surface area contributed by atoms with Gasteiger partial charge in [-0.3, -0.25) is 14.6 Å². The molecule has 0 bridgehead atoms. The van der Waals surface area contributed by atoms with Crippen LogP contribution in [0.15, 0.2) is 24.8 Å². The molecule has 0 radical (unpaired) electrons. The second-order valence-electron chi connectivity index (χ2n) is 4.50. The van der Waals surface area contributed by atoms with Crippen molar-refractivity contribution >= 4 is 17.4 Å². The van der Waals surface area contributed by atoms with E-state index in [4.69, 9.17) is 5.11 Å². The monoisotopic (exact) mass is 276 g/mol. The number of carboxylic acids is 1. The number of aromatic nitrogens is 3. The highest BCUT2D eigenvalue weighted by atomic mass is 16.4. The van der Waals surface area contributed by atoms with Gasteiger partial charge in [-0.2, -0.15) is 5.10 Å². The highest BCUT2D eigenvalue weighted by molar-refractivity contribution is 6.00. The minimum Gasteiger partial charge on any atom is -0.481 e. The van der Waals surface area contributed by atoms with Gasteiger partial charge in [0, 0.05) is 18.9 Å². The van der Waals surface area contributed by atoms with Gasteiger partial charge in [0.05, 0.1) is 29.4 Å². The summed E-state index contributed by atoms with van der Waals surface area (Å²) in [7, 11) is 0. The van der Waals surface area contributed by atoms with E-state index in [2.05, 4.69) is 15.4 Å². The maximum Gasteiger partial charge on any atom is 0.308 e. The Morgan fingerprint density at radius 2 is 2.25 bits per heavy atom. The van der Waals surface area contributed by atoms with Crippen molar-refractivity contribution in [2.75, 3.05) is 6.54 Å². The van der Waals surface area contributed by atoms with Gasteiger partial charge in [0.15, 0.2) is 0 Å². The molecule has 0 aromatic carbocycles. The molecule has 106 valence electrons. The number of hydrogen-bond donors (Lipinski definition) is 2. The third-order valence-electron chi connectivity index (χ3n) is 3.06. The first-order valence-corrected chi connectivity index (χ1v) is 6.41. The normalized spacial score (nSPS) is 12.2. The van der Waals surface area contributed by atoms with Gasteiger partial charge in [0.1, 0.15) is 0 Å². The molecule has 0 saturated heterocycles. The maximum absolute atomic E-state index is 12.1. The van der Waals surface area contributed by atoms with E-state index >= 15 is 0 Å². The fourth-order valence-electron chi connectivity index (χ4n) is 1.98. The molecule has 0 aliphatic carbocycles. The second kappa shape index (κ2) is 6.14. The summed E-state index contributed by atoms with van der Waals surface area (Å²) in [5, 5.41) is 15.7. The fourth-order valence-corrected chi connectivity index (χ4v) is 1.98. The van der Waals surface area contributed by atoms with Crippen LogP contribution >= 0.6 is 0 Å². The van der Waals surface area contributed by atoms with Crippen LogP contribution in [-0.4, -0.2) is 38.1 Å². The summed E-state index contributed by atoms with van der Waals surface area (Å²) in [5.41, 5.74) is 0.978. The van der Waals surface area contributed by atoms with Crippen molar-refractivity contribution in [3.05, 3.63) is 30.4 Å². The van der Waals surface area contributed by atoms with Crippen LogP contribution in [0.1, 0.15) is 30.1 Å². The molecule has 0 aliphatic heterocycles. The number of nitrogens with one attached hydrogen (secondary N) is 1. The van der Waals surface area contributed by atoms with Crippen LogP contribution in [0.25, 0.3) is 5.52 Å². The molecule has 2 N–H and O–H groups in total. The fraction of sp³-hybridized carbons (Fsp3) is 0.385. The predicted octanol–water partition coefficient (Wildman–Crippen LogP) is 0.960. The standard InChI is InChI=1S/C13H16N4O3/c1-2-3-9(13(19)20)6-15-12(18)10-7-16-17-5-4-14-8-11(10)17/h4-5,7-9H,2-3,6H2,1H3,(H,15,18)(H,19,20). The number of carbonyl (C=O) groups is 2. The smallest absolute Gasteiger partial charge is 0.308 e. The third-order valence-corrected chi connectivity index (χ3v) is 3.06. The minimum atomic E-state index is -0.895. The van der Waals surface area contributed by atoms with E-state index in [0.717, 1.165) is 6.42 Å². The van der Waals surface area contributed by atoms with Crippen molar-refractivity contribution in [1.29, 1.82) is 0 Å². The first-order chi connectivity index (χ1) is 9.63. The van der Waals surface area contributed by atoms with E-state index in [0.29, 0.717) is 17.5 Å². The van der Waals surface area contributed by atoms with E-state index in [1.807, 2.05) is 6.92 Å². The molecule has 2 heterocycles. The summed E-state index contributed by atoms with van der Waals surface area (Å²) in [4.78, 5) is 27.0. The molecule has 20 heavy (non-hydrogen) atoms. The van der Waals surface area contributed by atoms with E-state index < -0.39 is 11.9 Å². The molecule has 7 nitrogen and oxygen atoms in total. The lowest BCUT2D eigenvalue weighted by Crippen LogP contribution is -2.32. The van der Waals surface area contributed by atoms with Gasteiger partial charge in [0.2, 0.25) is 0 Å². The number of aliphatic carboxylic acids is 1. The SMILES string of the molecule is CCCC(CNC(=O)c1cnn2ccncc12)C(=O)O.